The van der Waals surface area contributed by atoms with Gasteiger partial charge in [-0.2, -0.15) is 0 Å². The van der Waals surface area contributed by atoms with Crippen molar-refractivity contribution in [3.8, 4) is 0 Å². The molecular weight excluding hydrogens is 462 g/mol. The van der Waals surface area contributed by atoms with Gasteiger partial charge in [-0.1, -0.05) is 30.3 Å². The van der Waals surface area contributed by atoms with Crippen LogP contribution in [-0.4, -0.2) is 44.3 Å². The fraction of sp³-hybridized carbons (Fsp3) is 0.286. The van der Waals surface area contributed by atoms with Crippen molar-refractivity contribution in [3.63, 3.8) is 0 Å². The molecule has 0 aliphatic heterocycles. The average molecular weight is 492 g/mol. The van der Waals surface area contributed by atoms with Gasteiger partial charge >= 0.3 is 5.97 Å². The number of carbonyl (C=O) groups is 4. The minimum Gasteiger partial charge on any atom is -0.489 e. The van der Waals surface area contributed by atoms with Gasteiger partial charge in [0.05, 0.1) is 26.4 Å². The zero-order valence-corrected chi connectivity index (χ0v) is 20.8. The van der Waals surface area contributed by atoms with Gasteiger partial charge in [0.15, 0.2) is 0 Å². The topological polar surface area (TPSA) is 108 Å². The molecule has 8 nitrogen and oxygen atoms in total. The average Bonchev–Trinajstić information content (AvgIpc) is 2.88. The number of nitrogens with one attached hydrogen (secondary N) is 1. The van der Waals surface area contributed by atoms with Crippen LogP contribution in [0.5, 0.6) is 0 Å². The summed E-state index contributed by atoms with van der Waals surface area (Å²) >= 11 is 0. The standard InChI is InChI=1S/C28H29NO7/c1-5-36-28(33)20-7-6-8-21(16-20)29-23(30)14-13-18-9-11-19(12-10-18)15-22-17(2)24(31)26(34-3)27(35-4)25(22)32/h6-12,16H,5,13-15H2,1-4H3,(H,29,30). The van der Waals surface area contributed by atoms with Crippen molar-refractivity contribution in [2.75, 3.05) is 26.1 Å². The molecule has 8 heteroatoms. The highest BCUT2D eigenvalue weighted by atomic mass is 16.5. The first-order valence-electron chi connectivity index (χ1n) is 11.5. The third kappa shape index (κ3) is 6.07. The van der Waals surface area contributed by atoms with Gasteiger partial charge in [-0.25, -0.2) is 4.79 Å². The first-order chi connectivity index (χ1) is 17.3. The molecule has 2 aromatic rings. The Kier molecular flexibility index (Phi) is 8.78. The Labute approximate surface area is 209 Å². The quantitative estimate of drug-likeness (QED) is 0.396. The van der Waals surface area contributed by atoms with Crippen LogP contribution in [0.4, 0.5) is 5.69 Å². The maximum absolute atomic E-state index is 12.8. The third-order valence-corrected chi connectivity index (χ3v) is 5.80. The van der Waals surface area contributed by atoms with Crippen molar-refractivity contribution in [1.29, 1.82) is 0 Å². The van der Waals surface area contributed by atoms with Gasteiger partial charge in [-0.05, 0) is 49.6 Å². The minimum atomic E-state index is -0.437. The minimum absolute atomic E-state index is 0.0787. The molecule has 0 aromatic heterocycles. The highest BCUT2D eigenvalue weighted by molar-refractivity contribution is 6.23. The number of rotatable bonds is 10. The molecule has 0 heterocycles. The van der Waals surface area contributed by atoms with Crippen LogP contribution >= 0.6 is 0 Å². The van der Waals surface area contributed by atoms with Crippen LogP contribution in [0.15, 0.2) is 71.2 Å². The van der Waals surface area contributed by atoms with Crippen LogP contribution in [-0.2, 0) is 41.4 Å². The summed E-state index contributed by atoms with van der Waals surface area (Å²) < 4.78 is 15.2. The van der Waals surface area contributed by atoms with E-state index in [0.29, 0.717) is 28.8 Å². The molecule has 1 aliphatic carbocycles. The Bertz CT molecular complexity index is 1240. The number of carbonyl (C=O) groups excluding carboxylic acids is 4. The predicted octanol–water partition coefficient (Wildman–Crippen LogP) is 3.95. The molecule has 3 rings (SSSR count). The SMILES string of the molecule is CCOC(=O)c1cccc(NC(=O)CCc2ccc(CC3=C(C)C(=O)C(OC)=C(OC)C3=O)cc2)c1. The number of esters is 1. The van der Waals surface area contributed by atoms with Crippen LogP contribution in [0.3, 0.4) is 0 Å². The van der Waals surface area contributed by atoms with E-state index in [2.05, 4.69) is 5.32 Å². The number of anilines is 1. The fourth-order valence-electron chi connectivity index (χ4n) is 3.85. The van der Waals surface area contributed by atoms with Gasteiger partial charge < -0.3 is 19.5 Å². The molecule has 0 radical (unpaired) electrons. The van der Waals surface area contributed by atoms with E-state index in [1.807, 2.05) is 24.3 Å². The summed E-state index contributed by atoms with van der Waals surface area (Å²) in [5, 5.41) is 2.80. The van der Waals surface area contributed by atoms with Gasteiger partial charge in [-0.15, -0.1) is 0 Å². The van der Waals surface area contributed by atoms with Crippen molar-refractivity contribution >= 4 is 29.1 Å². The summed E-state index contributed by atoms with van der Waals surface area (Å²) in [6.45, 7) is 3.62. The van der Waals surface area contributed by atoms with Crippen molar-refractivity contribution in [2.45, 2.75) is 33.1 Å². The van der Waals surface area contributed by atoms with Crippen LogP contribution < -0.4 is 5.32 Å². The maximum atomic E-state index is 12.8. The van der Waals surface area contributed by atoms with E-state index >= 15 is 0 Å². The van der Waals surface area contributed by atoms with E-state index < -0.39 is 5.97 Å². The smallest absolute Gasteiger partial charge is 0.338 e. The van der Waals surface area contributed by atoms with Crippen molar-refractivity contribution in [3.05, 3.63) is 87.9 Å². The Balaban J connectivity index is 1.59. The fourth-order valence-corrected chi connectivity index (χ4v) is 3.85. The van der Waals surface area contributed by atoms with Crippen LogP contribution in [0, 0.1) is 0 Å². The maximum Gasteiger partial charge on any atom is 0.338 e. The zero-order valence-electron chi connectivity index (χ0n) is 20.8. The molecule has 0 atom stereocenters. The van der Waals surface area contributed by atoms with E-state index in [0.717, 1.165) is 11.1 Å². The first-order valence-corrected chi connectivity index (χ1v) is 11.5. The molecular formula is C28H29NO7. The van der Waals surface area contributed by atoms with E-state index in [-0.39, 0.29) is 48.4 Å². The number of allylic oxidation sites excluding steroid dienone is 2. The molecule has 188 valence electrons. The number of Topliss-reactive ketones (excluding diaryl/α,β-unsaturated/α-hetero) is 2. The predicted molar refractivity (Wildman–Crippen MR) is 133 cm³/mol. The Morgan fingerprint density at radius 3 is 2.17 bits per heavy atom. The van der Waals surface area contributed by atoms with E-state index in [1.54, 1.807) is 38.1 Å². The lowest BCUT2D eigenvalue weighted by molar-refractivity contribution is -0.121. The number of hydrogen-bond donors (Lipinski definition) is 1. The van der Waals surface area contributed by atoms with Gasteiger partial charge in [0.2, 0.25) is 29.0 Å². The monoisotopic (exact) mass is 491 g/mol. The number of amides is 1. The van der Waals surface area contributed by atoms with Crippen molar-refractivity contribution in [1.82, 2.24) is 0 Å². The number of aryl methyl sites for hydroxylation is 1. The van der Waals surface area contributed by atoms with Gasteiger partial charge in [-0.3, -0.25) is 14.4 Å². The summed E-state index contributed by atoms with van der Waals surface area (Å²) in [7, 11) is 2.66. The summed E-state index contributed by atoms with van der Waals surface area (Å²) in [5.41, 5.74) is 3.41. The van der Waals surface area contributed by atoms with Crippen LogP contribution in [0.1, 0.15) is 41.8 Å². The Morgan fingerprint density at radius 1 is 0.889 bits per heavy atom. The summed E-state index contributed by atoms with van der Waals surface area (Å²) in [6.07, 6.45) is 1.04. The molecule has 1 amide bonds. The summed E-state index contributed by atoms with van der Waals surface area (Å²) in [6, 6.07) is 14.1. The number of benzene rings is 2. The summed E-state index contributed by atoms with van der Waals surface area (Å²) in [4.78, 5) is 49.7. The molecule has 0 bridgehead atoms. The van der Waals surface area contributed by atoms with Gasteiger partial charge in [0, 0.05) is 29.7 Å². The number of hydrogen-bond acceptors (Lipinski definition) is 7. The van der Waals surface area contributed by atoms with Crippen LogP contribution in [0.25, 0.3) is 0 Å². The number of ether oxygens (including phenoxy) is 3. The lowest BCUT2D eigenvalue weighted by Crippen LogP contribution is -2.26. The van der Waals surface area contributed by atoms with E-state index in [1.165, 1.54) is 14.2 Å². The molecule has 0 unspecified atom stereocenters. The highest BCUT2D eigenvalue weighted by Gasteiger charge is 2.34. The Hall–Kier alpha value is -4.20. The second-order valence-electron chi connectivity index (χ2n) is 8.17. The number of ketones is 2. The second-order valence-corrected chi connectivity index (χ2v) is 8.17. The molecule has 0 spiro atoms. The number of methoxy groups -OCH3 is 2. The molecule has 36 heavy (non-hydrogen) atoms. The normalized spacial score (nSPS) is 13.6. The van der Waals surface area contributed by atoms with Crippen molar-refractivity contribution < 1.29 is 33.4 Å². The highest BCUT2D eigenvalue weighted by Crippen LogP contribution is 2.28. The van der Waals surface area contributed by atoms with Gasteiger partial charge in [0.1, 0.15) is 0 Å². The second kappa shape index (κ2) is 12.0. The molecule has 0 fully saturated rings. The van der Waals surface area contributed by atoms with E-state index in [4.69, 9.17) is 14.2 Å². The molecule has 0 saturated heterocycles. The third-order valence-electron chi connectivity index (χ3n) is 5.80. The summed E-state index contributed by atoms with van der Waals surface area (Å²) in [5.74, 6) is -1.50. The molecule has 2 aromatic carbocycles. The largest absolute Gasteiger partial charge is 0.489 e. The lowest BCUT2D eigenvalue weighted by Gasteiger charge is -2.20. The molecule has 0 saturated carbocycles. The zero-order chi connectivity index (χ0) is 26.2. The molecule has 1 aliphatic rings. The first kappa shape index (κ1) is 26.4. The van der Waals surface area contributed by atoms with Gasteiger partial charge in [0.25, 0.3) is 0 Å². The van der Waals surface area contributed by atoms with E-state index in [9.17, 15) is 19.2 Å². The molecule has 1 N–H and O–H groups in total. The van der Waals surface area contributed by atoms with Crippen LogP contribution in [0.2, 0.25) is 0 Å². The van der Waals surface area contributed by atoms with Crippen molar-refractivity contribution in [2.24, 2.45) is 0 Å². The Morgan fingerprint density at radius 2 is 1.53 bits per heavy atom. The lowest BCUT2D eigenvalue weighted by atomic mass is 9.88.